The fourth-order valence-corrected chi connectivity index (χ4v) is 3.71. The summed E-state index contributed by atoms with van der Waals surface area (Å²) >= 11 is 0. The van der Waals surface area contributed by atoms with Gasteiger partial charge in [-0.1, -0.05) is 24.6 Å². The summed E-state index contributed by atoms with van der Waals surface area (Å²) in [5.74, 6) is -0.497. The number of rotatable bonds is 6. The third-order valence-electron chi connectivity index (χ3n) is 5.34. The van der Waals surface area contributed by atoms with Crippen molar-refractivity contribution < 1.29 is 14.0 Å². The second kappa shape index (κ2) is 9.59. The van der Waals surface area contributed by atoms with Crippen molar-refractivity contribution in [2.75, 3.05) is 5.32 Å². The summed E-state index contributed by atoms with van der Waals surface area (Å²) < 4.78 is 16.2. The summed E-state index contributed by atoms with van der Waals surface area (Å²) in [6, 6.07) is 12.4. The van der Waals surface area contributed by atoms with Gasteiger partial charge in [-0.3, -0.25) is 14.2 Å². The first-order valence-electron chi connectivity index (χ1n) is 10.6. The molecule has 2 heterocycles. The SMILES string of the molecule is O=C(Cn1nc2n(c1=O)CCCCC2)NCc1cccc(NC(=O)c2cccc(F)c2)c1. The first kappa shape index (κ1) is 21.5. The largest absolute Gasteiger partial charge is 0.350 e. The van der Waals surface area contributed by atoms with Crippen LogP contribution in [0.3, 0.4) is 0 Å². The van der Waals surface area contributed by atoms with E-state index in [4.69, 9.17) is 0 Å². The fraction of sp³-hybridized carbons (Fsp3) is 0.304. The molecule has 1 aliphatic rings. The van der Waals surface area contributed by atoms with E-state index in [1.165, 1.54) is 22.9 Å². The maximum absolute atomic E-state index is 13.3. The Kier molecular flexibility index (Phi) is 6.44. The highest BCUT2D eigenvalue weighted by atomic mass is 19.1. The smallest absolute Gasteiger partial charge is 0.346 e. The van der Waals surface area contributed by atoms with Gasteiger partial charge in [0.1, 0.15) is 18.2 Å². The molecule has 0 saturated heterocycles. The standard InChI is InChI=1S/C23H24FN5O3/c24-18-8-5-7-17(13-18)22(31)26-19-9-4-6-16(12-19)14-25-21(30)15-29-23(32)28-11-3-1-2-10-20(28)27-29/h4-9,12-13H,1-3,10-11,14-15H2,(H,25,30)(H,26,31). The Balaban J connectivity index is 1.35. The highest BCUT2D eigenvalue weighted by molar-refractivity contribution is 6.04. The van der Waals surface area contributed by atoms with E-state index in [1.54, 1.807) is 22.8 Å². The Hall–Kier alpha value is -3.75. The van der Waals surface area contributed by atoms with E-state index in [0.717, 1.165) is 43.1 Å². The van der Waals surface area contributed by atoms with Gasteiger partial charge in [-0.15, -0.1) is 0 Å². The van der Waals surface area contributed by atoms with Crippen LogP contribution in [-0.4, -0.2) is 26.2 Å². The minimum absolute atomic E-state index is 0.144. The van der Waals surface area contributed by atoms with E-state index >= 15 is 0 Å². The van der Waals surface area contributed by atoms with E-state index in [2.05, 4.69) is 15.7 Å². The van der Waals surface area contributed by atoms with Crippen LogP contribution in [0, 0.1) is 5.82 Å². The number of hydrogen-bond donors (Lipinski definition) is 2. The quantitative estimate of drug-likeness (QED) is 0.619. The van der Waals surface area contributed by atoms with Crippen LogP contribution in [0.2, 0.25) is 0 Å². The molecular formula is C23H24FN5O3. The molecule has 166 valence electrons. The number of hydrogen-bond acceptors (Lipinski definition) is 4. The predicted molar refractivity (Wildman–Crippen MR) is 117 cm³/mol. The molecular weight excluding hydrogens is 413 g/mol. The molecule has 0 spiro atoms. The maximum Gasteiger partial charge on any atom is 0.346 e. The molecule has 0 unspecified atom stereocenters. The summed E-state index contributed by atoms with van der Waals surface area (Å²) in [7, 11) is 0. The predicted octanol–water partition coefficient (Wildman–Crippen LogP) is 2.48. The van der Waals surface area contributed by atoms with E-state index in [9.17, 15) is 18.8 Å². The van der Waals surface area contributed by atoms with Crippen LogP contribution in [0.4, 0.5) is 10.1 Å². The van der Waals surface area contributed by atoms with Gasteiger partial charge in [0.15, 0.2) is 0 Å². The number of nitrogens with one attached hydrogen (secondary N) is 2. The first-order valence-corrected chi connectivity index (χ1v) is 10.6. The van der Waals surface area contributed by atoms with Gasteiger partial charge >= 0.3 is 5.69 Å². The third-order valence-corrected chi connectivity index (χ3v) is 5.34. The highest BCUT2D eigenvalue weighted by Gasteiger charge is 2.17. The minimum Gasteiger partial charge on any atom is -0.350 e. The van der Waals surface area contributed by atoms with E-state index < -0.39 is 11.7 Å². The van der Waals surface area contributed by atoms with Crippen molar-refractivity contribution >= 4 is 17.5 Å². The topological polar surface area (TPSA) is 98.0 Å². The second-order valence-corrected chi connectivity index (χ2v) is 7.76. The second-order valence-electron chi connectivity index (χ2n) is 7.76. The lowest BCUT2D eigenvalue weighted by Gasteiger charge is -2.09. The lowest BCUT2D eigenvalue weighted by Crippen LogP contribution is -2.33. The molecule has 1 aliphatic heterocycles. The maximum atomic E-state index is 13.3. The van der Waals surface area contributed by atoms with Gasteiger partial charge in [0.25, 0.3) is 5.91 Å². The zero-order chi connectivity index (χ0) is 22.5. The van der Waals surface area contributed by atoms with Gasteiger partial charge in [-0.2, -0.15) is 5.10 Å². The number of carbonyl (C=O) groups excluding carboxylic acids is 2. The Morgan fingerprint density at radius 2 is 1.91 bits per heavy atom. The Morgan fingerprint density at radius 3 is 2.75 bits per heavy atom. The number of nitrogens with zero attached hydrogens (tertiary/aromatic N) is 3. The van der Waals surface area contributed by atoms with Crippen LogP contribution in [-0.2, 0) is 30.8 Å². The summed E-state index contributed by atoms with van der Waals surface area (Å²) in [6.07, 6.45) is 3.76. The first-order chi connectivity index (χ1) is 15.5. The van der Waals surface area contributed by atoms with Crippen molar-refractivity contribution in [2.24, 2.45) is 0 Å². The molecule has 0 bridgehead atoms. The molecule has 0 radical (unpaired) electrons. The monoisotopic (exact) mass is 437 g/mol. The number of fused-ring (bicyclic) bond motifs is 1. The average molecular weight is 437 g/mol. The van der Waals surface area contributed by atoms with Gasteiger partial charge in [-0.25, -0.2) is 13.9 Å². The molecule has 2 aromatic carbocycles. The van der Waals surface area contributed by atoms with Crippen LogP contribution < -0.4 is 16.3 Å². The number of benzene rings is 2. The molecule has 0 fully saturated rings. The third kappa shape index (κ3) is 5.11. The van der Waals surface area contributed by atoms with Gasteiger partial charge < -0.3 is 10.6 Å². The Labute approximate surface area is 184 Å². The van der Waals surface area contributed by atoms with E-state index in [1.807, 2.05) is 6.07 Å². The zero-order valence-corrected chi connectivity index (χ0v) is 17.5. The van der Waals surface area contributed by atoms with Gasteiger partial charge in [-0.05, 0) is 48.7 Å². The number of aryl methyl sites for hydroxylation is 1. The molecule has 9 heteroatoms. The molecule has 0 atom stereocenters. The normalized spacial score (nSPS) is 13.2. The number of carbonyl (C=O) groups is 2. The van der Waals surface area contributed by atoms with Crippen molar-refractivity contribution in [3.8, 4) is 0 Å². The van der Waals surface area contributed by atoms with Crippen molar-refractivity contribution in [1.82, 2.24) is 19.7 Å². The molecule has 8 nitrogen and oxygen atoms in total. The number of aromatic nitrogens is 3. The lowest BCUT2D eigenvalue weighted by atomic mass is 10.1. The minimum atomic E-state index is -0.484. The van der Waals surface area contributed by atoms with Crippen molar-refractivity contribution in [3.05, 3.63) is 81.8 Å². The Morgan fingerprint density at radius 1 is 1.06 bits per heavy atom. The molecule has 3 aromatic rings. The van der Waals surface area contributed by atoms with Gasteiger partial charge in [0.2, 0.25) is 5.91 Å². The van der Waals surface area contributed by atoms with Crippen molar-refractivity contribution in [2.45, 2.75) is 45.3 Å². The van der Waals surface area contributed by atoms with Crippen LogP contribution in [0.15, 0.2) is 53.3 Å². The fourth-order valence-electron chi connectivity index (χ4n) is 3.71. The molecule has 2 amide bonds. The van der Waals surface area contributed by atoms with E-state index in [-0.39, 0.29) is 30.2 Å². The number of halogens is 1. The van der Waals surface area contributed by atoms with Gasteiger partial charge in [0, 0.05) is 30.8 Å². The van der Waals surface area contributed by atoms with Crippen molar-refractivity contribution in [1.29, 1.82) is 0 Å². The van der Waals surface area contributed by atoms with Crippen molar-refractivity contribution in [3.63, 3.8) is 0 Å². The van der Waals surface area contributed by atoms with Crippen LogP contribution in [0.25, 0.3) is 0 Å². The molecule has 4 rings (SSSR count). The summed E-state index contributed by atoms with van der Waals surface area (Å²) in [4.78, 5) is 37.1. The molecule has 2 N–H and O–H groups in total. The number of anilines is 1. The van der Waals surface area contributed by atoms with E-state index in [0.29, 0.717) is 12.2 Å². The number of amides is 2. The molecule has 0 aliphatic carbocycles. The van der Waals surface area contributed by atoms with Crippen LogP contribution in [0.1, 0.15) is 41.0 Å². The highest BCUT2D eigenvalue weighted by Crippen LogP contribution is 2.13. The Bertz CT molecular complexity index is 1200. The lowest BCUT2D eigenvalue weighted by molar-refractivity contribution is -0.122. The zero-order valence-electron chi connectivity index (χ0n) is 17.5. The average Bonchev–Trinajstić information content (AvgIpc) is 2.93. The summed E-state index contributed by atoms with van der Waals surface area (Å²) in [6.45, 7) is 0.726. The van der Waals surface area contributed by atoms with Gasteiger partial charge in [0.05, 0.1) is 0 Å². The summed E-state index contributed by atoms with van der Waals surface area (Å²) in [5, 5.41) is 9.81. The molecule has 0 saturated carbocycles. The molecule has 1 aromatic heterocycles. The van der Waals surface area contributed by atoms with Crippen LogP contribution in [0.5, 0.6) is 0 Å². The summed E-state index contributed by atoms with van der Waals surface area (Å²) in [5.41, 5.74) is 1.26. The molecule has 32 heavy (non-hydrogen) atoms. The van der Waals surface area contributed by atoms with Crippen LogP contribution >= 0.6 is 0 Å².